The molecule has 0 saturated carbocycles. The molecule has 5 aromatic rings. The molecule has 0 unspecified atom stereocenters. The largest absolute Gasteiger partial charge is 0.436 e. The van der Waals surface area contributed by atoms with Gasteiger partial charge in [0.2, 0.25) is 5.88 Å². The number of aromatic nitrogens is 2. The molecule has 5 rings (SSSR count). The number of thiophene rings is 1. The Hall–Kier alpha value is -4.08. The maximum atomic E-state index is 14.0. The molecule has 3 nitrogen and oxygen atoms in total. The number of hydrogen-bond donors (Lipinski definition) is 0. The fourth-order valence-electron chi connectivity index (χ4n) is 4.41. The zero-order valence-corrected chi connectivity index (χ0v) is 20.8. The Kier molecular flexibility index (Phi) is 6.82. The molecule has 0 radical (unpaired) electrons. The van der Waals surface area contributed by atoms with Crippen LogP contribution in [-0.2, 0) is 24.7 Å². The SMILES string of the molecule is FC(F)(F)c1cc(Oc2nnc(-c3cccs3)c3cc4ccccc4cc23)c(C(F)(F)F)c(C(F)(F)F)c1C(F)(F)F. The highest BCUT2D eigenvalue weighted by Gasteiger charge is 2.56. The zero-order valence-electron chi connectivity index (χ0n) is 20.0. The summed E-state index contributed by atoms with van der Waals surface area (Å²) >= 11 is 1.18. The van der Waals surface area contributed by atoms with E-state index in [0.29, 0.717) is 15.6 Å². The van der Waals surface area contributed by atoms with Crippen LogP contribution >= 0.6 is 11.3 Å². The van der Waals surface area contributed by atoms with Crippen molar-refractivity contribution in [3.63, 3.8) is 0 Å². The predicted molar refractivity (Wildman–Crippen MR) is 127 cm³/mol. The summed E-state index contributed by atoms with van der Waals surface area (Å²) in [4.78, 5) is 0.499. The van der Waals surface area contributed by atoms with Crippen LogP contribution in [0, 0.1) is 0 Å². The molecule has 0 atom stereocenters. The van der Waals surface area contributed by atoms with Gasteiger partial charge in [-0.05, 0) is 40.4 Å². The second-order valence-electron chi connectivity index (χ2n) is 8.72. The standard InChI is InChI=1S/C26H10F12N2OS/c27-23(28,29)15-10-16(19(25(33,34)35)20(26(36,37)38)18(15)24(30,31)32)41-22-14-9-12-5-2-1-4-11(12)8-13(14)21(39-40-22)17-6-3-7-42-17/h1-10H. The molecule has 0 bridgehead atoms. The molecule has 0 spiro atoms. The normalized spacial score (nSPS) is 13.2. The van der Waals surface area contributed by atoms with E-state index < -0.39 is 64.7 Å². The summed E-state index contributed by atoms with van der Waals surface area (Å²) in [6.45, 7) is 0. The first kappa shape index (κ1) is 29.4. The number of alkyl halides is 12. The molecule has 2 heterocycles. The van der Waals surface area contributed by atoms with E-state index in [4.69, 9.17) is 4.74 Å². The third-order valence-electron chi connectivity index (χ3n) is 6.02. The lowest BCUT2D eigenvalue weighted by Crippen LogP contribution is -2.28. The van der Waals surface area contributed by atoms with Gasteiger partial charge < -0.3 is 4.74 Å². The first-order chi connectivity index (χ1) is 19.4. The van der Waals surface area contributed by atoms with Crippen molar-refractivity contribution < 1.29 is 57.4 Å². The fraction of sp³-hybridized carbons (Fsp3) is 0.154. The minimum absolute atomic E-state index is 0.147. The molecule has 3 aromatic carbocycles. The number of ether oxygens (including phenoxy) is 1. The highest BCUT2D eigenvalue weighted by atomic mass is 32.1. The molecule has 220 valence electrons. The Morgan fingerprint density at radius 1 is 0.571 bits per heavy atom. The lowest BCUT2D eigenvalue weighted by Gasteiger charge is -2.26. The van der Waals surface area contributed by atoms with Crippen LogP contribution in [0.2, 0.25) is 0 Å². The van der Waals surface area contributed by atoms with Gasteiger partial charge in [-0.1, -0.05) is 30.3 Å². The number of fused-ring (bicyclic) bond motifs is 2. The van der Waals surface area contributed by atoms with Crippen molar-refractivity contribution in [2.75, 3.05) is 0 Å². The highest BCUT2D eigenvalue weighted by Crippen LogP contribution is 2.55. The van der Waals surface area contributed by atoms with Crippen molar-refractivity contribution in [3.05, 3.63) is 82.2 Å². The second-order valence-corrected chi connectivity index (χ2v) is 9.66. The van der Waals surface area contributed by atoms with Gasteiger partial charge in [-0.15, -0.1) is 21.5 Å². The smallest absolute Gasteiger partial charge is 0.420 e. The van der Waals surface area contributed by atoms with E-state index in [-0.39, 0.29) is 16.5 Å². The maximum Gasteiger partial charge on any atom is 0.420 e. The van der Waals surface area contributed by atoms with Crippen LogP contribution in [0.25, 0.3) is 32.1 Å². The van der Waals surface area contributed by atoms with Gasteiger partial charge in [-0.25, -0.2) is 0 Å². The van der Waals surface area contributed by atoms with Crippen LogP contribution in [0.5, 0.6) is 11.6 Å². The van der Waals surface area contributed by atoms with Crippen LogP contribution in [0.15, 0.2) is 60.0 Å². The van der Waals surface area contributed by atoms with E-state index in [1.165, 1.54) is 23.5 Å². The molecule has 0 saturated heterocycles. The van der Waals surface area contributed by atoms with Gasteiger partial charge in [0.05, 0.1) is 21.6 Å². The van der Waals surface area contributed by atoms with Gasteiger partial charge in [0.25, 0.3) is 0 Å². The van der Waals surface area contributed by atoms with Crippen molar-refractivity contribution in [1.82, 2.24) is 10.2 Å². The molecule has 2 aromatic heterocycles. The second kappa shape index (κ2) is 9.74. The average Bonchev–Trinajstić information content (AvgIpc) is 3.39. The Morgan fingerprint density at radius 2 is 1.14 bits per heavy atom. The van der Waals surface area contributed by atoms with Gasteiger partial charge in [-0.3, -0.25) is 0 Å². The molecule has 16 heteroatoms. The maximum absolute atomic E-state index is 14.0. The average molecular weight is 626 g/mol. The Bertz CT molecular complexity index is 1800. The highest BCUT2D eigenvalue weighted by molar-refractivity contribution is 7.13. The van der Waals surface area contributed by atoms with E-state index in [9.17, 15) is 52.7 Å². The van der Waals surface area contributed by atoms with Crippen LogP contribution in [0.3, 0.4) is 0 Å². The van der Waals surface area contributed by atoms with Crippen LogP contribution in [0.4, 0.5) is 52.7 Å². The van der Waals surface area contributed by atoms with Gasteiger partial charge in [-0.2, -0.15) is 52.7 Å². The van der Waals surface area contributed by atoms with E-state index >= 15 is 0 Å². The molecule has 0 amide bonds. The van der Waals surface area contributed by atoms with Crippen molar-refractivity contribution in [3.8, 4) is 22.2 Å². The summed E-state index contributed by atoms with van der Waals surface area (Å²) in [6, 6.07) is 11.7. The van der Waals surface area contributed by atoms with Gasteiger partial charge in [0.15, 0.2) is 0 Å². The number of hydrogen-bond acceptors (Lipinski definition) is 4. The molecule has 0 aliphatic rings. The Morgan fingerprint density at radius 3 is 1.64 bits per heavy atom. The van der Waals surface area contributed by atoms with E-state index in [0.717, 1.165) is 0 Å². The zero-order chi connectivity index (χ0) is 30.8. The minimum atomic E-state index is -6.54. The van der Waals surface area contributed by atoms with Crippen LogP contribution in [0.1, 0.15) is 22.3 Å². The summed E-state index contributed by atoms with van der Waals surface area (Å²) < 4.78 is 171. The first-order valence-corrected chi connectivity index (χ1v) is 12.2. The molecule has 42 heavy (non-hydrogen) atoms. The van der Waals surface area contributed by atoms with Gasteiger partial charge in [0.1, 0.15) is 17.0 Å². The summed E-state index contributed by atoms with van der Waals surface area (Å²) in [5.74, 6) is -3.16. The summed E-state index contributed by atoms with van der Waals surface area (Å²) in [5, 5.41) is 10.1. The van der Waals surface area contributed by atoms with E-state index in [2.05, 4.69) is 10.2 Å². The monoisotopic (exact) mass is 626 g/mol. The molecule has 0 fully saturated rings. The molecular formula is C26H10F12N2OS. The van der Waals surface area contributed by atoms with Crippen molar-refractivity contribution in [2.45, 2.75) is 24.7 Å². The molecular weight excluding hydrogens is 616 g/mol. The fourth-order valence-corrected chi connectivity index (χ4v) is 5.14. The van der Waals surface area contributed by atoms with Gasteiger partial charge >= 0.3 is 24.7 Å². The third kappa shape index (κ3) is 5.30. The van der Waals surface area contributed by atoms with E-state index in [1.807, 2.05) is 0 Å². The molecule has 0 aliphatic heterocycles. The third-order valence-corrected chi connectivity index (χ3v) is 6.90. The summed E-state index contributed by atoms with van der Waals surface area (Å²) in [5.41, 5.74) is -13.1. The number of nitrogens with zero attached hydrogens (tertiary/aromatic N) is 2. The topological polar surface area (TPSA) is 35.0 Å². The lowest BCUT2D eigenvalue weighted by molar-refractivity contribution is -0.183. The van der Waals surface area contributed by atoms with Crippen LogP contribution in [-0.4, -0.2) is 10.2 Å². The van der Waals surface area contributed by atoms with Gasteiger partial charge in [0, 0.05) is 10.8 Å². The Balaban J connectivity index is 1.87. The van der Waals surface area contributed by atoms with Crippen molar-refractivity contribution in [2.24, 2.45) is 0 Å². The lowest BCUT2D eigenvalue weighted by atomic mass is 9.92. The number of benzene rings is 3. The van der Waals surface area contributed by atoms with E-state index in [1.54, 1.807) is 41.8 Å². The number of halogens is 12. The van der Waals surface area contributed by atoms with Crippen molar-refractivity contribution in [1.29, 1.82) is 0 Å². The minimum Gasteiger partial charge on any atom is -0.436 e. The Labute approximate surface area is 230 Å². The van der Waals surface area contributed by atoms with Crippen LogP contribution < -0.4 is 4.74 Å². The van der Waals surface area contributed by atoms with Crippen molar-refractivity contribution >= 4 is 32.9 Å². The number of rotatable bonds is 3. The molecule has 0 N–H and O–H groups in total. The summed E-state index contributed by atoms with van der Waals surface area (Å²) in [7, 11) is 0. The molecule has 0 aliphatic carbocycles. The first-order valence-electron chi connectivity index (χ1n) is 11.3. The summed E-state index contributed by atoms with van der Waals surface area (Å²) in [6.07, 6.45) is -25.4. The quantitative estimate of drug-likeness (QED) is 0.148. The predicted octanol–water partition coefficient (Wildman–Crippen LogP) is 10.4.